The van der Waals surface area contributed by atoms with Crippen LogP contribution < -0.4 is 16.2 Å². The number of alkyl halides is 3. The van der Waals surface area contributed by atoms with Gasteiger partial charge in [0, 0.05) is 31.4 Å². The maximum Gasteiger partial charge on any atom is 0.490 e. The van der Waals surface area contributed by atoms with Crippen LogP contribution in [-0.2, 0) is 30.1 Å². The fourth-order valence-electron chi connectivity index (χ4n) is 3.62. The predicted molar refractivity (Wildman–Crippen MR) is 129 cm³/mol. The lowest BCUT2D eigenvalue weighted by Gasteiger charge is -2.35. The number of benzene rings is 1. The Hall–Kier alpha value is -4.03. The van der Waals surface area contributed by atoms with Gasteiger partial charge in [-0.05, 0) is 22.9 Å². The number of pyridine rings is 1. The molecule has 2 aromatic heterocycles. The smallest absolute Gasteiger partial charge is 0.475 e. The van der Waals surface area contributed by atoms with E-state index >= 15 is 0 Å². The SMILES string of the molecule is N#CC1(c2ccc(-c3ccc(S(=O)(=O)CCN)c(S(N)(=O)=O)c3-c3nn[nH]n3)cn2)CNC1.O=C(O)C(F)(F)F. The van der Waals surface area contributed by atoms with Crippen LogP contribution in [0, 0.1) is 11.3 Å². The zero-order chi connectivity index (χ0) is 29.9. The van der Waals surface area contributed by atoms with E-state index in [0.717, 1.165) is 6.07 Å². The van der Waals surface area contributed by atoms with Gasteiger partial charge in [0.2, 0.25) is 15.8 Å². The number of aliphatic carboxylic acids is 1. The zero-order valence-corrected chi connectivity index (χ0v) is 21.7. The number of primary sulfonamides is 1. The molecular formula is C20H20F3N9O6S2. The number of sulfone groups is 1. The second-order valence-electron chi connectivity index (χ2n) is 8.24. The van der Waals surface area contributed by atoms with Crippen LogP contribution in [0.15, 0.2) is 40.3 Å². The Balaban J connectivity index is 0.000000559. The fourth-order valence-corrected chi connectivity index (χ4v) is 6.37. The summed E-state index contributed by atoms with van der Waals surface area (Å²) in [4.78, 5) is 12.1. The molecule has 15 nitrogen and oxygen atoms in total. The van der Waals surface area contributed by atoms with Crippen LogP contribution in [-0.4, -0.2) is 85.1 Å². The Kier molecular flexibility index (Phi) is 8.56. The first-order chi connectivity index (χ1) is 18.6. The number of H-pyrrole nitrogens is 1. The molecular weight excluding hydrogens is 583 g/mol. The summed E-state index contributed by atoms with van der Waals surface area (Å²) in [6, 6.07) is 8.15. The number of hydrogen-bond donors (Lipinski definition) is 5. The van der Waals surface area contributed by atoms with Gasteiger partial charge in [0.25, 0.3) is 0 Å². The molecule has 40 heavy (non-hydrogen) atoms. The van der Waals surface area contributed by atoms with Crippen LogP contribution in [0.1, 0.15) is 5.69 Å². The van der Waals surface area contributed by atoms with Gasteiger partial charge in [0.05, 0.1) is 28.0 Å². The van der Waals surface area contributed by atoms with E-state index in [9.17, 15) is 35.3 Å². The number of carboxylic acids is 1. The molecule has 4 rings (SSSR count). The highest BCUT2D eigenvalue weighted by Crippen LogP contribution is 2.39. The summed E-state index contributed by atoms with van der Waals surface area (Å²) in [6.45, 7) is 0.715. The monoisotopic (exact) mass is 603 g/mol. The number of halogens is 3. The third-order valence-electron chi connectivity index (χ3n) is 5.57. The molecule has 20 heteroatoms. The molecule has 0 atom stereocenters. The van der Waals surface area contributed by atoms with Gasteiger partial charge in [-0.3, -0.25) is 4.98 Å². The molecule has 1 fully saturated rings. The van der Waals surface area contributed by atoms with Gasteiger partial charge in [-0.1, -0.05) is 12.1 Å². The summed E-state index contributed by atoms with van der Waals surface area (Å²) in [5, 5.41) is 38.5. The van der Waals surface area contributed by atoms with Gasteiger partial charge in [-0.2, -0.15) is 23.6 Å². The van der Waals surface area contributed by atoms with Crippen molar-refractivity contribution < 1.29 is 39.9 Å². The van der Waals surface area contributed by atoms with Crippen LogP contribution in [0.2, 0.25) is 0 Å². The first-order valence-corrected chi connectivity index (χ1v) is 14.0. The van der Waals surface area contributed by atoms with Crippen molar-refractivity contribution in [3.05, 3.63) is 36.2 Å². The summed E-state index contributed by atoms with van der Waals surface area (Å²) < 4.78 is 82.5. The number of nitrogens with zero attached hydrogens (tertiary/aromatic N) is 5. The van der Waals surface area contributed by atoms with Crippen LogP contribution in [0.4, 0.5) is 13.2 Å². The van der Waals surface area contributed by atoms with Crippen LogP contribution in [0.25, 0.3) is 22.5 Å². The molecule has 214 valence electrons. The van der Waals surface area contributed by atoms with Crippen molar-refractivity contribution in [2.75, 3.05) is 25.4 Å². The normalized spacial score (nSPS) is 14.8. The maximum absolute atomic E-state index is 12.8. The van der Waals surface area contributed by atoms with Crippen LogP contribution in [0.3, 0.4) is 0 Å². The number of nitrogens with two attached hydrogens (primary N) is 2. The minimum atomic E-state index is -5.08. The second kappa shape index (κ2) is 11.2. The molecule has 0 spiro atoms. The van der Waals surface area contributed by atoms with Gasteiger partial charge in [-0.15, -0.1) is 10.2 Å². The third kappa shape index (κ3) is 6.23. The lowest BCUT2D eigenvalue weighted by atomic mass is 9.79. The first-order valence-electron chi connectivity index (χ1n) is 10.8. The molecule has 3 aromatic rings. The number of aromatic amines is 1. The van der Waals surface area contributed by atoms with Crippen molar-refractivity contribution in [3.63, 3.8) is 0 Å². The standard InChI is InChI=1S/C18H19N9O4S2.C2HF3O2/c19-5-6-32(28,29)13-3-2-12(15(16(13)33(21,30)31)17-24-26-27-25-17)11-1-4-14(23-7-11)18(8-20)9-22-10-18;3-2(4,5)1(6)7/h1-4,7,22H,5-6,9-10,19H2,(H2,21,30,31)(H,24,25,26,27);(H,6,7). The second-order valence-corrected chi connectivity index (χ2v) is 11.8. The quantitative estimate of drug-likeness (QED) is 0.224. The van der Waals surface area contributed by atoms with Crippen molar-refractivity contribution >= 4 is 25.8 Å². The van der Waals surface area contributed by atoms with E-state index < -0.39 is 53.0 Å². The van der Waals surface area contributed by atoms with Crippen molar-refractivity contribution in [3.8, 4) is 28.6 Å². The topological polar surface area (TPSA) is 261 Å². The Morgan fingerprint density at radius 2 is 1.82 bits per heavy atom. The first kappa shape index (κ1) is 30.5. The number of aromatic nitrogens is 5. The Morgan fingerprint density at radius 1 is 1.18 bits per heavy atom. The maximum atomic E-state index is 12.8. The summed E-state index contributed by atoms with van der Waals surface area (Å²) in [5.74, 6) is -3.41. The lowest BCUT2D eigenvalue weighted by Crippen LogP contribution is -2.56. The molecule has 1 saturated heterocycles. The molecule has 3 heterocycles. The molecule has 7 N–H and O–H groups in total. The number of nitrogens with one attached hydrogen (secondary N) is 2. The molecule has 0 aliphatic carbocycles. The van der Waals surface area contributed by atoms with Crippen LogP contribution >= 0.6 is 0 Å². The highest BCUT2D eigenvalue weighted by atomic mass is 32.2. The van der Waals surface area contributed by atoms with Gasteiger partial charge in [0.15, 0.2) is 9.84 Å². The Bertz CT molecular complexity index is 1650. The fraction of sp³-hybridized carbons (Fsp3) is 0.300. The summed E-state index contributed by atoms with van der Waals surface area (Å²) in [5.41, 5.74) is 5.79. The number of rotatable bonds is 7. The van der Waals surface area contributed by atoms with Crippen LogP contribution in [0.5, 0.6) is 0 Å². The van der Waals surface area contributed by atoms with E-state index in [1.807, 2.05) is 0 Å². The highest BCUT2D eigenvalue weighted by molar-refractivity contribution is 7.93. The van der Waals surface area contributed by atoms with E-state index in [-0.39, 0.29) is 23.5 Å². The van der Waals surface area contributed by atoms with Crippen molar-refractivity contribution in [1.82, 2.24) is 30.9 Å². The molecule has 0 saturated carbocycles. The molecule has 0 amide bonds. The summed E-state index contributed by atoms with van der Waals surface area (Å²) >= 11 is 0. The van der Waals surface area contributed by atoms with E-state index in [2.05, 4.69) is 37.0 Å². The van der Waals surface area contributed by atoms with Gasteiger partial charge in [-0.25, -0.2) is 26.8 Å². The van der Waals surface area contributed by atoms with Crippen molar-refractivity contribution in [1.29, 1.82) is 5.26 Å². The van der Waals surface area contributed by atoms with E-state index in [1.165, 1.54) is 12.3 Å². The summed E-state index contributed by atoms with van der Waals surface area (Å²) in [7, 11) is -8.66. The van der Waals surface area contributed by atoms with Crippen molar-refractivity contribution in [2.45, 2.75) is 21.4 Å². The number of sulfonamides is 1. The Labute approximate surface area is 224 Å². The zero-order valence-electron chi connectivity index (χ0n) is 20.0. The van der Waals surface area contributed by atoms with Gasteiger partial charge < -0.3 is 16.2 Å². The average molecular weight is 604 g/mol. The van der Waals surface area contributed by atoms with E-state index in [4.69, 9.17) is 20.8 Å². The molecule has 1 aliphatic heterocycles. The number of carbonyl (C=O) groups is 1. The number of tetrazole rings is 1. The number of nitriles is 1. The largest absolute Gasteiger partial charge is 0.490 e. The number of carboxylic acid groups (broad SMARTS) is 1. The Morgan fingerprint density at radius 3 is 2.23 bits per heavy atom. The molecule has 1 aromatic carbocycles. The molecule has 1 aliphatic rings. The molecule has 0 bridgehead atoms. The predicted octanol–water partition coefficient (Wildman–Crippen LogP) is -0.694. The van der Waals surface area contributed by atoms with Gasteiger partial charge in [0.1, 0.15) is 10.3 Å². The lowest BCUT2D eigenvalue weighted by molar-refractivity contribution is -0.192. The van der Waals surface area contributed by atoms with E-state index in [1.54, 1.807) is 12.1 Å². The minimum Gasteiger partial charge on any atom is -0.475 e. The summed E-state index contributed by atoms with van der Waals surface area (Å²) in [6.07, 6.45) is -3.62. The van der Waals surface area contributed by atoms with Gasteiger partial charge >= 0.3 is 12.1 Å². The molecule has 0 radical (unpaired) electrons. The molecule has 0 unspecified atom stereocenters. The van der Waals surface area contributed by atoms with E-state index in [0.29, 0.717) is 24.3 Å². The minimum absolute atomic E-state index is 0.140. The number of hydrogen-bond acceptors (Lipinski definition) is 12. The highest BCUT2D eigenvalue weighted by Gasteiger charge is 2.40. The third-order valence-corrected chi connectivity index (χ3v) is 8.48. The van der Waals surface area contributed by atoms with Crippen molar-refractivity contribution in [2.24, 2.45) is 10.9 Å². The average Bonchev–Trinajstić information content (AvgIpc) is 3.37.